The van der Waals surface area contributed by atoms with Crippen LogP contribution in [0.15, 0.2) is 0 Å². The molecule has 8 heteroatoms. The lowest BCUT2D eigenvalue weighted by molar-refractivity contribution is 0.245. The van der Waals surface area contributed by atoms with Crippen LogP contribution in [0.25, 0.3) is 0 Å². The first-order valence-electron chi connectivity index (χ1n) is 5.51. The minimum atomic E-state index is -3.45. The first-order chi connectivity index (χ1) is 7.97. The molecule has 17 heavy (non-hydrogen) atoms. The van der Waals surface area contributed by atoms with Gasteiger partial charge in [0.15, 0.2) is 0 Å². The van der Waals surface area contributed by atoms with Crippen molar-refractivity contribution in [2.75, 3.05) is 18.6 Å². The van der Waals surface area contributed by atoms with E-state index in [-0.39, 0.29) is 0 Å². The Kier molecular flexibility index (Phi) is 6.50. The van der Waals surface area contributed by atoms with E-state index in [1.54, 1.807) is 0 Å². The predicted molar refractivity (Wildman–Crippen MR) is 73.7 cm³/mol. The highest BCUT2D eigenvalue weighted by molar-refractivity contribution is 8.77. The van der Waals surface area contributed by atoms with Crippen molar-refractivity contribution in [3.8, 4) is 0 Å². The van der Waals surface area contributed by atoms with Crippen LogP contribution in [0.4, 0.5) is 4.79 Å². The Labute approximate surface area is 110 Å². The molecule has 2 N–H and O–H groups in total. The van der Waals surface area contributed by atoms with Crippen molar-refractivity contribution in [2.24, 2.45) is 0 Å². The zero-order valence-electron chi connectivity index (χ0n) is 9.77. The molecular formula is C9H18N2O3S3. The van der Waals surface area contributed by atoms with Gasteiger partial charge in [-0.2, -0.15) is 0 Å². The molecule has 1 rings (SSSR count). The molecule has 0 aromatic heterocycles. The summed E-state index contributed by atoms with van der Waals surface area (Å²) in [6.07, 6.45) is 5.36. The van der Waals surface area contributed by atoms with Crippen molar-refractivity contribution in [1.82, 2.24) is 10.0 Å². The van der Waals surface area contributed by atoms with E-state index >= 15 is 0 Å². The van der Waals surface area contributed by atoms with Crippen molar-refractivity contribution in [3.05, 3.63) is 0 Å². The van der Waals surface area contributed by atoms with Crippen molar-refractivity contribution in [2.45, 2.75) is 30.9 Å². The van der Waals surface area contributed by atoms with Gasteiger partial charge in [-0.25, -0.2) is 17.9 Å². The van der Waals surface area contributed by atoms with Gasteiger partial charge < -0.3 is 5.32 Å². The number of amides is 2. The molecule has 2 amide bonds. The summed E-state index contributed by atoms with van der Waals surface area (Å²) in [6, 6.07) is -0.640. The third-order valence-corrected chi connectivity index (χ3v) is 5.81. The summed E-state index contributed by atoms with van der Waals surface area (Å²) in [4.78, 5) is 11.1. The third-order valence-electron chi connectivity index (χ3n) is 2.24. The standard InChI is InChI=1S/C9H18N2O3S3/c1-17(13,14)11-9(12)10-6-3-2-4-8-5-7-15-16-8/h8H,2-7H2,1H3,(H2,10,11,12). The second kappa shape index (κ2) is 7.38. The van der Waals surface area contributed by atoms with Crippen LogP contribution in [0.5, 0.6) is 0 Å². The van der Waals surface area contributed by atoms with Gasteiger partial charge in [-0.05, 0) is 19.3 Å². The van der Waals surface area contributed by atoms with E-state index < -0.39 is 16.1 Å². The fourth-order valence-corrected chi connectivity index (χ4v) is 4.90. The molecule has 0 aromatic rings. The van der Waals surface area contributed by atoms with Gasteiger partial charge in [0.1, 0.15) is 0 Å². The van der Waals surface area contributed by atoms with E-state index in [0.717, 1.165) is 24.3 Å². The van der Waals surface area contributed by atoms with E-state index in [0.29, 0.717) is 6.54 Å². The van der Waals surface area contributed by atoms with Crippen molar-refractivity contribution in [3.63, 3.8) is 0 Å². The predicted octanol–water partition coefficient (Wildman–Crippen LogP) is 1.57. The number of sulfonamides is 1. The van der Waals surface area contributed by atoms with Gasteiger partial charge in [-0.1, -0.05) is 28.0 Å². The summed E-state index contributed by atoms with van der Waals surface area (Å²) in [5, 5.41) is 3.28. The number of hydrogen-bond donors (Lipinski definition) is 2. The zero-order chi connectivity index (χ0) is 12.7. The van der Waals surface area contributed by atoms with Crippen LogP contribution < -0.4 is 10.0 Å². The molecule has 1 heterocycles. The van der Waals surface area contributed by atoms with E-state index in [2.05, 4.69) is 5.32 Å². The summed E-state index contributed by atoms with van der Waals surface area (Å²) >= 11 is 0. The van der Waals surface area contributed by atoms with E-state index in [9.17, 15) is 13.2 Å². The van der Waals surface area contributed by atoms with E-state index in [1.165, 1.54) is 18.6 Å². The summed E-state index contributed by atoms with van der Waals surface area (Å²) in [5.74, 6) is 1.24. The first kappa shape index (κ1) is 15.0. The average Bonchev–Trinajstić information content (AvgIpc) is 2.67. The number of hydrogen-bond acceptors (Lipinski definition) is 5. The fourth-order valence-electron chi connectivity index (χ4n) is 1.47. The van der Waals surface area contributed by atoms with Gasteiger partial charge in [0.2, 0.25) is 10.0 Å². The molecule has 0 aromatic carbocycles. The Bertz CT molecular complexity index is 339. The van der Waals surface area contributed by atoms with Gasteiger partial charge >= 0.3 is 6.03 Å². The molecule has 1 aliphatic rings. The monoisotopic (exact) mass is 298 g/mol. The van der Waals surface area contributed by atoms with Gasteiger partial charge in [0.05, 0.1) is 6.26 Å². The minimum Gasteiger partial charge on any atom is -0.337 e. The van der Waals surface area contributed by atoms with Crippen LogP contribution in [0.2, 0.25) is 0 Å². The lowest BCUT2D eigenvalue weighted by Crippen LogP contribution is -2.39. The first-order valence-corrected chi connectivity index (χ1v) is 9.78. The molecule has 1 fully saturated rings. The Morgan fingerprint density at radius 1 is 1.41 bits per heavy atom. The quantitative estimate of drug-likeness (QED) is 0.575. The third kappa shape index (κ3) is 7.77. The lowest BCUT2D eigenvalue weighted by atomic mass is 10.1. The van der Waals surface area contributed by atoms with E-state index in [1.807, 2.05) is 26.3 Å². The summed E-state index contributed by atoms with van der Waals surface area (Å²) < 4.78 is 23.3. The highest BCUT2D eigenvalue weighted by atomic mass is 33.1. The number of nitrogens with one attached hydrogen (secondary N) is 2. The Hall–Kier alpha value is -0.0800. The SMILES string of the molecule is CS(=O)(=O)NC(=O)NCCCCC1CCSS1. The topological polar surface area (TPSA) is 75.3 Å². The van der Waals surface area contributed by atoms with E-state index in [4.69, 9.17) is 0 Å². The molecule has 0 saturated carbocycles. The highest BCUT2D eigenvalue weighted by Gasteiger charge is 2.15. The van der Waals surface area contributed by atoms with Crippen molar-refractivity contribution >= 4 is 37.6 Å². The Morgan fingerprint density at radius 2 is 2.18 bits per heavy atom. The highest BCUT2D eigenvalue weighted by Crippen LogP contribution is 2.39. The second-order valence-electron chi connectivity index (χ2n) is 3.95. The zero-order valence-corrected chi connectivity index (χ0v) is 12.2. The van der Waals surface area contributed by atoms with Crippen LogP contribution in [0.3, 0.4) is 0 Å². The molecule has 1 saturated heterocycles. The molecular weight excluding hydrogens is 280 g/mol. The number of urea groups is 1. The van der Waals surface area contributed by atoms with Crippen molar-refractivity contribution < 1.29 is 13.2 Å². The molecule has 1 atom stereocenters. The minimum absolute atomic E-state index is 0.520. The number of carbonyl (C=O) groups excluding carboxylic acids is 1. The summed E-state index contributed by atoms with van der Waals surface area (Å²) in [5.41, 5.74) is 0. The van der Waals surface area contributed by atoms with Gasteiger partial charge in [0.25, 0.3) is 0 Å². The smallest absolute Gasteiger partial charge is 0.328 e. The van der Waals surface area contributed by atoms with Gasteiger partial charge in [-0.15, -0.1) is 0 Å². The average molecular weight is 298 g/mol. The maximum absolute atomic E-state index is 11.1. The fraction of sp³-hybridized carbons (Fsp3) is 0.889. The normalized spacial score (nSPS) is 20.2. The van der Waals surface area contributed by atoms with Gasteiger partial charge in [-0.3, -0.25) is 0 Å². The number of unbranched alkanes of at least 4 members (excludes halogenated alkanes) is 1. The maximum Gasteiger partial charge on any atom is 0.328 e. The molecule has 0 radical (unpaired) electrons. The lowest BCUT2D eigenvalue weighted by Gasteiger charge is -2.08. The molecule has 0 bridgehead atoms. The molecule has 0 aliphatic carbocycles. The largest absolute Gasteiger partial charge is 0.337 e. The molecule has 0 spiro atoms. The Morgan fingerprint density at radius 3 is 2.76 bits per heavy atom. The molecule has 100 valence electrons. The second-order valence-corrected chi connectivity index (χ2v) is 8.49. The number of carbonyl (C=O) groups is 1. The van der Waals surface area contributed by atoms with Gasteiger partial charge in [0, 0.05) is 17.5 Å². The van der Waals surface area contributed by atoms with Crippen LogP contribution in [0, 0.1) is 0 Å². The molecule has 1 unspecified atom stereocenters. The van der Waals surface area contributed by atoms with Crippen LogP contribution in [-0.4, -0.2) is 38.3 Å². The maximum atomic E-state index is 11.1. The molecule has 1 aliphatic heterocycles. The summed E-state index contributed by atoms with van der Waals surface area (Å²) in [6.45, 7) is 0.520. The van der Waals surface area contributed by atoms with Crippen LogP contribution in [0.1, 0.15) is 25.7 Å². The van der Waals surface area contributed by atoms with Crippen molar-refractivity contribution in [1.29, 1.82) is 0 Å². The van der Waals surface area contributed by atoms with Crippen LogP contribution >= 0.6 is 21.6 Å². The summed E-state index contributed by atoms with van der Waals surface area (Å²) in [7, 11) is 0.432. The molecule has 5 nitrogen and oxygen atoms in total. The number of rotatable bonds is 6. The van der Waals surface area contributed by atoms with Crippen LogP contribution in [-0.2, 0) is 10.0 Å². The Balaban J connectivity index is 1.98.